The molecule has 1 aromatic heterocycles. The average Bonchev–Trinajstić information content (AvgIpc) is 3.01. The van der Waals surface area contributed by atoms with Gasteiger partial charge in [0, 0.05) is 11.9 Å². The Morgan fingerprint density at radius 2 is 1.88 bits per heavy atom. The fourth-order valence-electron chi connectivity index (χ4n) is 2.72. The van der Waals surface area contributed by atoms with E-state index in [0.29, 0.717) is 11.3 Å². The van der Waals surface area contributed by atoms with Gasteiger partial charge in [-0.1, -0.05) is 6.07 Å². The highest BCUT2D eigenvalue weighted by atomic mass is 19.4. The smallest absolute Gasteiger partial charge is 0.416 e. The molecule has 1 fully saturated rings. The number of rotatable bonds is 4. The van der Waals surface area contributed by atoms with E-state index in [9.17, 15) is 27.6 Å². The third kappa shape index (κ3) is 3.79. The number of benzene rings is 1. The first-order chi connectivity index (χ1) is 12.2. The number of alkyl carbamates (subject to hydrolysis) is 1. The topological polar surface area (TPSA) is 104 Å². The van der Waals surface area contributed by atoms with Gasteiger partial charge in [-0.15, -0.1) is 0 Å². The zero-order valence-electron chi connectivity index (χ0n) is 13.3. The zero-order chi connectivity index (χ0) is 18.9. The number of halogens is 3. The van der Waals surface area contributed by atoms with Gasteiger partial charge in [-0.3, -0.25) is 9.59 Å². The molecule has 1 amide bonds. The lowest BCUT2D eigenvalue weighted by Gasteiger charge is -2.17. The van der Waals surface area contributed by atoms with Crippen LogP contribution in [0, 0.1) is 0 Å². The lowest BCUT2D eigenvalue weighted by atomic mass is 9.95. The van der Waals surface area contributed by atoms with Crippen molar-refractivity contribution in [3.8, 4) is 0 Å². The predicted molar refractivity (Wildman–Crippen MR) is 83.8 cm³/mol. The van der Waals surface area contributed by atoms with E-state index in [1.165, 1.54) is 12.3 Å². The first kappa shape index (κ1) is 17.8. The van der Waals surface area contributed by atoms with E-state index in [0.717, 1.165) is 12.1 Å². The number of H-pyrrole nitrogens is 2. The van der Waals surface area contributed by atoms with Crippen molar-refractivity contribution >= 4 is 6.09 Å². The summed E-state index contributed by atoms with van der Waals surface area (Å²) in [6, 6.07) is 3.25. The lowest BCUT2D eigenvalue weighted by molar-refractivity contribution is -0.137. The Labute approximate surface area is 144 Å². The summed E-state index contributed by atoms with van der Waals surface area (Å²) in [4.78, 5) is 38.3. The lowest BCUT2D eigenvalue weighted by Crippen LogP contribution is -2.30. The summed E-state index contributed by atoms with van der Waals surface area (Å²) in [6.45, 7) is 0.0721. The van der Waals surface area contributed by atoms with E-state index < -0.39 is 35.1 Å². The van der Waals surface area contributed by atoms with E-state index in [2.05, 4.69) is 15.3 Å². The molecule has 0 aliphatic carbocycles. The number of nitrogens with one attached hydrogen (secondary N) is 3. The number of hydrogen-bond donors (Lipinski definition) is 3. The maximum absolute atomic E-state index is 13.0. The molecule has 2 heterocycles. The maximum atomic E-state index is 13.0. The van der Waals surface area contributed by atoms with Crippen molar-refractivity contribution in [2.75, 3.05) is 6.54 Å². The van der Waals surface area contributed by atoms with Crippen LogP contribution in [0.5, 0.6) is 0 Å². The van der Waals surface area contributed by atoms with Gasteiger partial charge >= 0.3 is 23.4 Å². The first-order valence-corrected chi connectivity index (χ1v) is 7.69. The van der Waals surface area contributed by atoms with Crippen LogP contribution in [-0.2, 0) is 23.8 Å². The van der Waals surface area contributed by atoms with Gasteiger partial charge in [0.15, 0.2) is 0 Å². The van der Waals surface area contributed by atoms with Crippen LogP contribution in [0.15, 0.2) is 34.0 Å². The summed E-state index contributed by atoms with van der Waals surface area (Å²) >= 11 is 0. The van der Waals surface area contributed by atoms with Gasteiger partial charge in [-0.05, 0) is 36.1 Å². The maximum Gasteiger partial charge on any atom is 0.416 e. The molecule has 1 aliphatic rings. The van der Waals surface area contributed by atoms with Gasteiger partial charge in [-0.25, -0.2) is 4.79 Å². The third-order valence-electron chi connectivity index (χ3n) is 4.02. The molecule has 1 aliphatic heterocycles. The number of hydrogen-bond acceptors (Lipinski definition) is 4. The Bertz CT molecular complexity index is 949. The van der Waals surface area contributed by atoms with E-state index in [1.54, 1.807) is 0 Å². The fraction of sp³-hybridized carbons (Fsp3) is 0.312. The fourth-order valence-corrected chi connectivity index (χ4v) is 2.72. The summed E-state index contributed by atoms with van der Waals surface area (Å²) in [6.07, 6.45) is -4.14. The van der Waals surface area contributed by atoms with Crippen molar-refractivity contribution in [1.82, 2.24) is 15.3 Å². The zero-order valence-corrected chi connectivity index (χ0v) is 13.3. The largest absolute Gasteiger partial charge is 0.439 e. The molecule has 3 N–H and O–H groups in total. The highest BCUT2D eigenvalue weighted by Crippen LogP contribution is 2.34. The predicted octanol–water partition coefficient (Wildman–Crippen LogP) is 1.65. The van der Waals surface area contributed by atoms with Crippen molar-refractivity contribution in [3.05, 3.63) is 67.5 Å². The molecule has 1 aromatic carbocycles. The first-order valence-electron chi connectivity index (χ1n) is 7.69. The minimum absolute atomic E-state index is 0.0721. The number of cyclic esters (lactones) is 1. The number of carbonyl (C=O) groups excluding carboxylic acids is 1. The van der Waals surface area contributed by atoms with Crippen molar-refractivity contribution in [2.45, 2.75) is 25.1 Å². The molecule has 1 saturated heterocycles. The van der Waals surface area contributed by atoms with Gasteiger partial charge in [-0.2, -0.15) is 13.2 Å². The van der Waals surface area contributed by atoms with Gasteiger partial charge in [0.25, 0.3) is 0 Å². The molecule has 1 unspecified atom stereocenters. The second-order valence-electron chi connectivity index (χ2n) is 5.78. The van der Waals surface area contributed by atoms with E-state index >= 15 is 0 Å². The number of aromatic nitrogens is 2. The highest BCUT2D eigenvalue weighted by Gasteiger charge is 2.33. The molecule has 1 atom stereocenters. The number of amides is 1. The number of carbonyl (C=O) groups is 1. The van der Waals surface area contributed by atoms with Crippen LogP contribution in [0.4, 0.5) is 18.0 Å². The number of aromatic amines is 2. The average molecular weight is 369 g/mol. The Morgan fingerprint density at radius 3 is 2.50 bits per heavy atom. The Morgan fingerprint density at radius 1 is 1.12 bits per heavy atom. The normalized spacial score (nSPS) is 17.0. The van der Waals surface area contributed by atoms with E-state index in [1.807, 2.05) is 0 Å². The van der Waals surface area contributed by atoms with Gasteiger partial charge in [0.2, 0.25) is 0 Å². The minimum Gasteiger partial charge on any atom is -0.439 e. The molecule has 2 aromatic rings. The van der Waals surface area contributed by atoms with Crippen molar-refractivity contribution in [1.29, 1.82) is 0 Å². The van der Waals surface area contributed by atoms with Crippen molar-refractivity contribution < 1.29 is 22.7 Å². The van der Waals surface area contributed by atoms with E-state index in [-0.39, 0.29) is 24.9 Å². The molecule has 10 heteroatoms. The van der Waals surface area contributed by atoms with Crippen molar-refractivity contribution in [2.24, 2.45) is 0 Å². The minimum atomic E-state index is -4.52. The van der Waals surface area contributed by atoms with Crippen LogP contribution >= 0.6 is 0 Å². The SMILES string of the molecule is O=C1NCC(c2cc(C(F)(F)F)ccc2CCc2c[nH]c(=O)c(=O)[nH]2)O1. The van der Waals surface area contributed by atoms with Gasteiger partial charge in [0.1, 0.15) is 6.10 Å². The summed E-state index contributed by atoms with van der Waals surface area (Å²) in [5.41, 5.74) is -1.19. The summed E-state index contributed by atoms with van der Waals surface area (Å²) < 4.78 is 44.0. The Hall–Kier alpha value is -3.04. The van der Waals surface area contributed by atoms with Crippen LogP contribution in [-0.4, -0.2) is 22.6 Å². The monoisotopic (exact) mass is 369 g/mol. The third-order valence-corrected chi connectivity index (χ3v) is 4.02. The Kier molecular flexibility index (Phi) is 4.58. The van der Waals surface area contributed by atoms with Crippen molar-refractivity contribution in [3.63, 3.8) is 0 Å². The molecule has 3 rings (SSSR count). The number of alkyl halides is 3. The number of ether oxygens (including phenoxy) is 1. The van der Waals surface area contributed by atoms with Crippen LogP contribution < -0.4 is 16.4 Å². The summed E-state index contributed by atoms with van der Waals surface area (Å²) in [5, 5.41) is 2.41. The second-order valence-corrected chi connectivity index (χ2v) is 5.78. The second kappa shape index (κ2) is 6.70. The molecule has 0 spiro atoms. The van der Waals surface area contributed by atoms with E-state index in [4.69, 9.17) is 4.74 Å². The highest BCUT2D eigenvalue weighted by molar-refractivity contribution is 5.69. The van der Waals surface area contributed by atoms with Crippen LogP contribution in [0.25, 0.3) is 0 Å². The van der Waals surface area contributed by atoms with Gasteiger partial charge in [0.05, 0.1) is 12.1 Å². The standard InChI is InChI=1S/C16H14F3N3O4/c17-16(18,19)9-3-1-8(11(5-9)12-7-21-15(25)26-12)2-4-10-6-20-13(23)14(24)22-10/h1,3,5-6,12H,2,4,7H2,(H,20,23)(H,21,25)(H,22,24). The Balaban J connectivity index is 1.89. The molecule has 0 bridgehead atoms. The molecule has 0 radical (unpaired) electrons. The quantitative estimate of drug-likeness (QED) is 0.713. The summed E-state index contributed by atoms with van der Waals surface area (Å²) in [7, 11) is 0. The van der Waals surface area contributed by atoms with Crippen LogP contribution in [0.1, 0.15) is 28.5 Å². The van der Waals surface area contributed by atoms with Crippen LogP contribution in [0.3, 0.4) is 0 Å². The molecular weight excluding hydrogens is 355 g/mol. The molecule has 7 nitrogen and oxygen atoms in total. The van der Waals surface area contributed by atoms with Crippen LogP contribution in [0.2, 0.25) is 0 Å². The number of aryl methyl sites for hydroxylation is 2. The van der Waals surface area contributed by atoms with Gasteiger partial charge < -0.3 is 20.0 Å². The molecular formula is C16H14F3N3O4. The molecule has 0 saturated carbocycles. The molecule has 26 heavy (non-hydrogen) atoms. The summed E-state index contributed by atoms with van der Waals surface area (Å²) in [5.74, 6) is 0. The molecule has 138 valence electrons.